The van der Waals surface area contributed by atoms with Crippen LogP contribution in [0.3, 0.4) is 0 Å². The summed E-state index contributed by atoms with van der Waals surface area (Å²) in [5, 5.41) is 12.2. The van der Waals surface area contributed by atoms with Gasteiger partial charge in [-0.3, -0.25) is 4.90 Å². The highest BCUT2D eigenvalue weighted by Crippen LogP contribution is 2.19. The van der Waals surface area contributed by atoms with Crippen LogP contribution in [0.2, 0.25) is 0 Å². The third-order valence-electron chi connectivity index (χ3n) is 2.23. The summed E-state index contributed by atoms with van der Waals surface area (Å²) >= 11 is 0. The highest BCUT2D eigenvalue weighted by molar-refractivity contribution is 5.92. The summed E-state index contributed by atoms with van der Waals surface area (Å²) in [7, 11) is 0. The number of phenolic OH excluding ortho intramolecular Hbond substituents is 1. The van der Waals surface area contributed by atoms with Gasteiger partial charge in [0.05, 0.1) is 0 Å². The molecule has 0 saturated carbocycles. The zero-order valence-corrected chi connectivity index (χ0v) is 9.73. The lowest BCUT2D eigenvalue weighted by molar-refractivity contribution is 0.246. The van der Waals surface area contributed by atoms with Crippen molar-refractivity contribution in [1.82, 2.24) is 5.32 Å². The minimum Gasteiger partial charge on any atom is -0.508 e. The summed E-state index contributed by atoms with van der Waals surface area (Å²) in [5.74, 6) is 0.166. The van der Waals surface area contributed by atoms with Crippen molar-refractivity contribution in [3.63, 3.8) is 0 Å². The molecule has 0 aliphatic carbocycles. The smallest absolute Gasteiger partial charge is 0.321 e. The first-order chi connectivity index (χ1) is 7.69. The lowest BCUT2D eigenvalue weighted by Crippen LogP contribution is -2.40. The van der Waals surface area contributed by atoms with Crippen molar-refractivity contribution in [2.45, 2.75) is 20.3 Å². The summed E-state index contributed by atoms with van der Waals surface area (Å²) < 4.78 is 0. The Morgan fingerprint density at radius 1 is 1.44 bits per heavy atom. The molecule has 1 aromatic rings. The average Bonchev–Trinajstić information content (AvgIpc) is 2.27. The Labute approximate surface area is 95.9 Å². The van der Waals surface area contributed by atoms with Crippen molar-refractivity contribution >= 4 is 11.7 Å². The molecule has 0 heterocycles. The van der Waals surface area contributed by atoms with E-state index in [1.165, 1.54) is 0 Å². The second kappa shape index (κ2) is 6.00. The third kappa shape index (κ3) is 3.15. The molecular formula is C12H18N2O2. The molecular weight excluding hydrogens is 204 g/mol. The van der Waals surface area contributed by atoms with E-state index in [9.17, 15) is 9.90 Å². The molecule has 88 valence electrons. The molecule has 2 N–H and O–H groups in total. The van der Waals surface area contributed by atoms with Gasteiger partial charge in [0.1, 0.15) is 5.75 Å². The number of nitrogens with one attached hydrogen (secondary N) is 1. The zero-order valence-electron chi connectivity index (χ0n) is 9.73. The highest BCUT2D eigenvalue weighted by atomic mass is 16.3. The number of amides is 2. The molecule has 0 aromatic heterocycles. The van der Waals surface area contributed by atoms with Crippen molar-refractivity contribution in [1.29, 1.82) is 0 Å². The van der Waals surface area contributed by atoms with Crippen LogP contribution >= 0.6 is 0 Å². The normalized spacial score (nSPS) is 9.88. The van der Waals surface area contributed by atoms with Crippen LogP contribution in [0, 0.1) is 0 Å². The quantitative estimate of drug-likeness (QED) is 0.821. The van der Waals surface area contributed by atoms with Crippen molar-refractivity contribution in [2.24, 2.45) is 0 Å². The van der Waals surface area contributed by atoms with Gasteiger partial charge in [-0.2, -0.15) is 0 Å². The highest BCUT2D eigenvalue weighted by Gasteiger charge is 2.12. The van der Waals surface area contributed by atoms with Gasteiger partial charge < -0.3 is 10.4 Å². The monoisotopic (exact) mass is 222 g/mol. The van der Waals surface area contributed by atoms with Crippen LogP contribution in [0.1, 0.15) is 20.3 Å². The van der Waals surface area contributed by atoms with Gasteiger partial charge in [-0.15, -0.1) is 0 Å². The summed E-state index contributed by atoms with van der Waals surface area (Å²) in [6.45, 7) is 5.13. The fourth-order valence-corrected chi connectivity index (χ4v) is 1.43. The van der Waals surface area contributed by atoms with Crippen molar-refractivity contribution in [3.8, 4) is 5.75 Å². The van der Waals surface area contributed by atoms with Gasteiger partial charge in [0.15, 0.2) is 0 Å². The Hall–Kier alpha value is -1.71. The molecule has 0 bridgehead atoms. The summed E-state index contributed by atoms with van der Waals surface area (Å²) in [4.78, 5) is 13.4. The van der Waals surface area contributed by atoms with Gasteiger partial charge in [-0.1, -0.05) is 13.0 Å². The van der Waals surface area contributed by atoms with Gasteiger partial charge in [0.25, 0.3) is 0 Å². The molecule has 4 nitrogen and oxygen atoms in total. The minimum atomic E-state index is -0.130. The van der Waals surface area contributed by atoms with Crippen LogP contribution in [0.15, 0.2) is 24.3 Å². The van der Waals surface area contributed by atoms with Crippen LogP contribution in [-0.2, 0) is 0 Å². The summed E-state index contributed by atoms with van der Waals surface area (Å²) in [6.07, 6.45) is 0.906. The number of benzene rings is 1. The fourth-order valence-electron chi connectivity index (χ4n) is 1.43. The number of anilines is 1. The molecule has 0 spiro atoms. The van der Waals surface area contributed by atoms with Crippen molar-refractivity contribution < 1.29 is 9.90 Å². The molecule has 16 heavy (non-hydrogen) atoms. The number of rotatable bonds is 4. The molecule has 1 aromatic carbocycles. The Bertz CT molecular complexity index is 353. The second-order valence-electron chi connectivity index (χ2n) is 3.50. The molecule has 0 aliphatic heterocycles. The van der Waals surface area contributed by atoms with Crippen LogP contribution in [0.5, 0.6) is 5.75 Å². The van der Waals surface area contributed by atoms with Crippen LogP contribution in [-0.4, -0.2) is 24.2 Å². The van der Waals surface area contributed by atoms with E-state index in [-0.39, 0.29) is 11.8 Å². The maximum Gasteiger partial charge on any atom is 0.321 e. The maximum atomic E-state index is 11.8. The first-order valence-electron chi connectivity index (χ1n) is 5.53. The summed E-state index contributed by atoms with van der Waals surface area (Å²) in [5.41, 5.74) is 0.705. The van der Waals surface area contributed by atoms with E-state index in [1.807, 2.05) is 13.8 Å². The lowest BCUT2D eigenvalue weighted by Gasteiger charge is -2.21. The molecule has 0 radical (unpaired) electrons. The van der Waals surface area contributed by atoms with Gasteiger partial charge in [-0.05, 0) is 25.5 Å². The molecule has 0 unspecified atom stereocenters. The lowest BCUT2D eigenvalue weighted by atomic mass is 10.3. The van der Waals surface area contributed by atoms with Crippen LogP contribution in [0.4, 0.5) is 10.5 Å². The maximum absolute atomic E-state index is 11.8. The van der Waals surface area contributed by atoms with Crippen LogP contribution in [0.25, 0.3) is 0 Å². The van der Waals surface area contributed by atoms with Gasteiger partial charge in [0.2, 0.25) is 0 Å². The largest absolute Gasteiger partial charge is 0.508 e. The number of hydrogen-bond acceptors (Lipinski definition) is 2. The number of nitrogens with zero attached hydrogens (tertiary/aromatic N) is 1. The molecule has 1 rings (SSSR count). The number of carbonyl (C=O) groups excluding carboxylic acids is 1. The first-order valence-corrected chi connectivity index (χ1v) is 5.53. The Morgan fingerprint density at radius 3 is 2.75 bits per heavy atom. The van der Waals surface area contributed by atoms with E-state index in [1.54, 1.807) is 29.2 Å². The second-order valence-corrected chi connectivity index (χ2v) is 3.50. The third-order valence-corrected chi connectivity index (χ3v) is 2.23. The molecule has 4 heteroatoms. The van der Waals surface area contributed by atoms with E-state index in [0.717, 1.165) is 6.42 Å². The number of carbonyl (C=O) groups is 1. The standard InChI is InChI=1S/C12H18N2O2/c1-3-8-13-12(16)14(4-2)10-6-5-7-11(15)9-10/h5-7,9,15H,3-4,8H2,1-2H3,(H,13,16). The van der Waals surface area contributed by atoms with Gasteiger partial charge in [0, 0.05) is 24.8 Å². The van der Waals surface area contributed by atoms with Crippen molar-refractivity contribution in [3.05, 3.63) is 24.3 Å². The molecule has 0 aliphatic rings. The molecule has 0 fully saturated rings. The van der Waals surface area contributed by atoms with Gasteiger partial charge in [-0.25, -0.2) is 4.79 Å². The fraction of sp³-hybridized carbons (Fsp3) is 0.417. The van der Waals surface area contributed by atoms with Gasteiger partial charge >= 0.3 is 6.03 Å². The number of aromatic hydroxyl groups is 1. The summed E-state index contributed by atoms with van der Waals surface area (Å²) in [6, 6.07) is 6.56. The Balaban J connectivity index is 2.77. The van der Waals surface area contributed by atoms with E-state index in [2.05, 4.69) is 5.32 Å². The number of urea groups is 1. The zero-order chi connectivity index (χ0) is 12.0. The number of hydrogen-bond donors (Lipinski definition) is 2. The topological polar surface area (TPSA) is 52.6 Å². The van der Waals surface area contributed by atoms with E-state index >= 15 is 0 Å². The molecule has 2 amide bonds. The minimum absolute atomic E-state index is 0.130. The SMILES string of the molecule is CCCNC(=O)N(CC)c1cccc(O)c1. The Morgan fingerprint density at radius 2 is 2.19 bits per heavy atom. The number of phenols is 1. The Kier molecular flexibility index (Phi) is 4.64. The van der Waals surface area contributed by atoms with Crippen LogP contribution < -0.4 is 10.2 Å². The molecule has 0 atom stereocenters. The van der Waals surface area contributed by atoms with E-state index in [0.29, 0.717) is 18.8 Å². The van der Waals surface area contributed by atoms with Crippen molar-refractivity contribution in [2.75, 3.05) is 18.0 Å². The predicted molar refractivity (Wildman–Crippen MR) is 64.8 cm³/mol. The van der Waals surface area contributed by atoms with E-state index in [4.69, 9.17) is 0 Å². The average molecular weight is 222 g/mol. The van der Waals surface area contributed by atoms with E-state index < -0.39 is 0 Å². The predicted octanol–water partition coefficient (Wildman–Crippen LogP) is 2.34. The molecule has 0 saturated heterocycles. The first kappa shape index (κ1) is 12.4.